The van der Waals surface area contributed by atoms with Crippen LogP contribution >= 0.6 is 0 Å². The summed E-state index contributed by atoms with van der Waals surface area (Å²) in [5.74, 6) is 0.786. The van der Waals surface area contributed by atoms with Crippen LogP contribution in [-0.4, -0.2) is 35.0 Å². The van der Waals surface area contributed by atoms with Crippen molar-refractivity contribution < 1.29 is 9.53 Å². The van der Waals surface area contributed by atoms with E-state index in [-0.39, 0.29) is 5.91 Å². The zero-order valence-electron chi connectivity index (χ0n) is 16.4. The lowest BCUT2D eigenvalue weighted by molar-refractivity contribution is 0.0706. The Labute approximate surface area is 166 Å². The van der Waals surface area contributed by atoms with E-state index in [9.17, 15) is 4.79 Å². The third-order valence-corrected chi connectivity index (χ3v) is 6.54. The summed E-state index contributed by atoms with van der Waals surface area (Å²) in [4.78, 5) is 19.7. The molecule has 1 aromatic carbocycles. The van der Waals surface area contributed by atoms with Gasteiger partial charge in [0.1, 0.15) is 0 Å². The van der Waals surface area contributed by atoms with Gasteiger partial charge in [-0.05, 0) is 42.9 Å². The first-order chi connectivity index (χ1) is 13.7. The minimum absolute atomic E-state index is 0.145. The fraction of sp³-hybridized carbons (Fsp3) is 0.478. The number of nitrogens with zero attached hydrogens (tertiary/aromatic N) is 2. The fourth-order valence-corrected chi connectivity index (χ4v) is 5.04. The third kappa shape index (κ3) is 3.08. The molecule has 0 spiro atoms. The average molecular weight is 377 g/mol. The average Bonchev–Trinajstić information content (AvgIpc) is 3.44. The van der Waals surface area contributed by atoms with Gasteiger partial charge in [-0.2, -0.15) is 0 Å². The Kier molecular flexibility index (Phi) is 4.55. The highest BCUT2D eigenvalue weighted by atomic mass is 16.5. The molecule has 1 aliphatic heterocycles. The summed E-state index contributed by atoms with van der Waals surface area (Å²) in [7, 11) is 1.66. The molecule has 0 atom stereocenters. The van der Waals surface area contributed by atoms with Crippen molar-refractivity contribution in [2.75, 3.05) is 7.11 Å². The Morgan fingerprint density at radius 1 is 1.18 bits per heavy atom. The molecule has 1 saturated carbocycles. The molecule has 28 heavy (non-hydrogen) atoms. The van der Waals surface area contributed by atoms with Crippen LogP contribution in [-0.2, 0) is 25.9 Å². The Bertz CT molecular complexity index is 880. The maximum atomic E-state index is 13.0. The molecule has 0 unspecified atom stereocenters. The smallest absolute Gasteiger partial charge is 0.256 e. The van der Waals surface area contributed by atoms with Crippen LogP contribution in [0.2, 0.25) is 0 Å². The predicted octanol–water partition coefficient (Wildman–Crippen LogP) is 3.25. The molecule has 1 aromatic heterocycles. The number of pyridine rings is 1. The Balaban J connectivity index is 1.32. The first kappa shape index (κ1) is 17.7. The lowest BCUT2D eigenvalue weighted by atomic mass is 10.1. The molecule has 0 saturated heterocycles. The van der Waals surface area contributed by atoms with Crippen molar-refractivity contribution in [2.24, 2.45) is 0 Å². The van der Waals surface area contributed by atoms with Gasteiger partial charge in [-0.3, -0.25) is 4.79 Å². The number of aromatic nitrogens is 1. The second-order valence-corrected chi connectivity index (χ2v) is 8.28. The second kappa shape index (κ2) is 7.21. The second-order valence-electron chi connectivity index (χ2n) is 8.28. The van der Waals surface area contributed by atoms with Gasteiger partial charge < -0.3 is 15.0 Å². The van der Waals surface area contributed by atoms with Crippen LogP contribution in [0.25, 0.3) is 0 Å². The first-order valence-corrected chi connectivity index (χ1v) is 10.4. The summed E-state index contributed by atoms with van der Waals surface area (Å²) in [5, 5.41) is 3.65. The zero-order valence-corrected chi connectivity index (χ0v) is 16.4. The van der Waals surface area contributed by atoms with Crippen LogP contribution in [0.15, 0.2) is 30.3 Å². The van der Waals surface area contributed by atoms with Crippen molar-refractivity contribution in [3.8, 4) is 5.88 Å². The van der Waals surface area contributed by atoms with E-state index in [1.807, 2.05) is 11.0 Å². The Morgan fingerprint density at radius 2 is 1.89 bits per heavy atom. The number of methoxy groups -OCH3 is 1. The molecule has 1 amide bonds. The molecule has 146 valence electrons. The van der Waals surface area contributed by atoms with Crippen molar-refractivity contribution in [2.45, 2.75) is 63.7 Å². The summed E-state index contributed by atoms with van der Waals surface area (Å²) in [6.45, 7) is 1.29. The minimum Gasteiger partial charge on any atom is -0.481 e. The molecule has 5 rings (SSSR count). The van der Waals surface area contributed by atoms with Crippen LogP contribution in [0.3, 0.4) is 0 Å². The Hall–Kier alpha value is -2.40. The number of carbonyl (C=O) groups excluding carboxylic acids is 1. The molecule has 2 aromatic rings. The van der Waals surface area contributed by atoms with Gasteiger partial charge in [-0.1, -0.05) is 37.1 Å². The number of benzene rings is 1. The van der Waals surface area contributed by atoms with Gasteiger partial charge in [0.15, 0.2) is 0 Å². The molecule has 5 heteroatoms. The van der Waals surface area contributed by atoms with Gasteiger partial charge >= 0.3 is 0 Å². The number of amides is 1. The molecule has 1 fully saturated rings. The van der Waals surface area contributed by atoms with E-state index in [2.05, 4.69) is 29.6 Å². The van der Waals surface area contributed by atoms with Gasteiger partial charge in [-0.25, -0.2) is 4.98 Å². The maximum absolute atomic E-state index is 13.0. The van der Waals surface area contributed by atoms with Crippen molar-refractivity contribution in [3.05, 3.63) is 58.3 Å². The molecule has 0 bridgehead atoms. The molecule has 2 heterocycles. The monoisotopic (exact) mass is 377 g/mol. The van der Waals surface area contributed by atoms with Gasteiger partial charge in [0.25, 0.3) is 5.91 Å². The largest absolute Gasteiger partial charge is 0.481 e. The normalized spacial score (nSPS) is 19.3. The SMILES string of the molecule is COc1nc2c(cc1CNC1Cc3ccccc3C1)C(=O)N(C1CCCC1)C2. The molecule has 0 radical (unpaired) electrons. The highest BCUT2D eigenvalue weighted by Crippen LogP contribution is 2.33. The summed E-state index contributed by atoms with van der Waals surface area (Å²) >= 11 is 0. The zero-order chi connectivity index (χ0) is 19.1. The summed E-state index contributed by atoms with van der Waals surface area (Å²) in [6.07, 6.45) is 6.78. The summed E-state index contributed by atoms with van der Waals surface area (Å²) in [5.41, 5.74) is 5.46. The van der Waals surface area contributed by atoms with Crippen molar-refractivity contribution >= 4 is 5.91 Å². The van der Waals surface area contributed by atoms with E-state index in [0.717, 1.165) is 42.5 Å². The topological polar surface area (TPSA) is 54.5 Å². The van der Waals surface area contributed by atoms with E-state index < -0.39 is 0 Å². The van der Waals surface area contributed by atoms with Crippen LogP contribution in [0, 0.1) is 0 Å². The molecule has 3 aliphatic rings. The Morgan fingerprint density at radius 3 is 2.57 bits per heavy atom. The van der Waals surface area contributed by atoms with Crippen molar-refractivity contribution in [3.63, 3.8) is 0 Å². The van der Waals surface area contributed by atoms with Crippen LogP contribution in [0.4, 0.5) is 0 Å². The lowest BCUT2D eigenvalue weighted by Gasteiger charge is -2.22. The minimum atomic E-state index is 0.145. The van der Waals surface area contributed by atoms with E-state index >= 15 is 0 Å². The highest BCUT2D eigenvalue weighted by molar-refractivity contribution is 5.98. The molecule has 5 nitrogen and oxygen atoms in total. The van der Waals surface area contributed by atoms with Gasteiger partial charge in [0.05, 0.1) is 24.9 Å². The number of fused-ring (bicyclic) bond motifs is 2. The van der Waals surface area contributed by atoms with Crippen LogP contribution in [0.5, 0.6) is 5.88 Å². The number of rotatable bonds is 5. The molecular formula is C23H27N3O2. The van der Waals surface area contributed by atoms with Gasteiger partial charge in [0.2, 0.25) is 5.88 Å². The molecule has 1 N–H and O–H groups in total. The number of ether oxygens (including phenoxy) is 1. The maximum Gasteiger partial charge on any atom is 0.256 e. The summed E-state index contributed by atoms with van der Waals surface area (Å²) in [6, 6.07) is 11.4. The van der Waals surface area contributed by atoms with E-state index in [1.165, 1.54) is 24.0 Å². The van der Waals surface area contributed by atoms with E-state index in [0.29, 0.717) is 31.1 Å². The van der Waals surface area contributed by atoms with E-state index in [1.54, 1.807) is 7.11 Å². The van der Waals surface area contributed by atoms with Crippen molar-refractivity contribution in [1.82, 2.24) is 15.2 Å². The lowest BCUT2D eigenvalue weighted by Crippen LogP contribution is -2.33. The quantitative estimate of drug-likeness (QED) is 0.869. The van der Waals surface area contributed by atoms with E-state index in [4.69, 9.17) is 9.72 Å². The predicted molar refractivity (Wildman–Crippen MR) is 107 cm³/mol. The number of hydrogen-bond acceptors (Lipinski definition) is 4. The van der Waals surface area contributed by atoms with Crippen LogP contribution in [0.1, 0.15) is 58.4 Å². The van der Waals surface area contributed by atoms with Gasteiger partial charge in [-0.15, -0.1) is 0 Å². The number of hydrogen-bond donors (Lipinski definition) is 1. The number of carbonyl (C=O) groups is 1. The third-order valence-electron chi connectivity index (χ3n) is 6.54. The molecule has 2 aliphatic carbocycles. The van der Waals surface area contributed by atoms with Crippen molar-refractivity contribution in [1.29, 1.82) is 0 Å². The number of nitrogens with one attached hydrogen (secondary N) is 1. The standard InChI is InChI=1S/C23H27N3O2/c1-28-22-17(13-24-18-10-15-6-2-3-7-16(15)11-18)12-20-21(25-22)14-26(23(20)27)19-8-4-5-9-19/h2-3,6-7,12,18-19,24H,4-5,8-11,13-14H2,1H3. The first-order valence-electron chi connectivity index (χ1n) is 10.4. The summed E-state index contributed by atoms with van der Waals surface area (Å²) < 4.78 is 5.56. The van der Waals surface area contributed by atoms with Crippen LogP contribution < -0.4 is 10.1 Å². The van der Waals surface area contributed by atoms with Gasteiger partial charge in [0, 0.05) is 24.2 Å². The highest BCUT2D eigenvalue weighted by Gasteiger charge is 2.36. The molecular weight excluding hydrogens is 350 g/mol. The fourth-order valence-electron chi connectivity index (χ4n) is 5.04.